The zero-order valence-corrected chi connectivity index (χ0v) is 17.1. The summed E-state index contributed by atoms with van der Waals surface area (Å²) in [6.45, 7) is 5.52. The Hall–Kier alpha value is -3.13. The van der Waals surface area contributed by atoms with Crippen molar-refractivity contribution in [3.8, 4) is 23.0 Å². The minimum atomic E-state index is 0.0345. The van der Waals surface area contributed by atoms with Gasteiger partial charge in [0, 0.05) is 18.2 Å². The Bertz CT molecular complexity index is 963. The van der Waals surface area contributed by atoms with Crippen LogP contribution in [0.3, 0.4) is 0 Å². The lowest BCUT2D eigenvalue weighted by Gasteiger charge is -2.34. The lowest BCUT2D eigenvalue weighted by Crippen LogP contribution is -2.45. The number of rotatable bonds is 9. The largest absolute Gasteiger partial charge is 0.464 e. The zero-order valence-electron chi connectivity index (χ0n) is 17.1. The van der Waals surface area contributed by atoms with Crippen molar-refractivity contribution in [1.29, 1.82) is 0 Å². The summed E-state index contributed by atoms with van der Waals surface area (Å²) >= 11 is 0. The molecule has 0 aliphatic heterocycles. The van der Waals surface area contributed by atoms with Gasteiger partial charge in [-0.1, -0.05) is 31.1 Å². The van der Waals surface area contributed by atoms with E-state index in [4.69, 9.17) is 9.26 Å². The van der Waals surface area contributed by atoms with Gasteiger partial charge < -0.3 is 14.6 Å². The van der Waals surface area contributed by atoms with E-state index in [1.54, 1.807) is 12.4 Å². The van der Waals surface area contributed by atoms with Gasteiger partial charge in [0.25, 0.3) is 12.4 Å². The van der Waals surface area contributed by atoms with E-state index >= 15 is 0 Å². The molecule has 2 aromatic heterocycles. The van der Waals surface area contributed by atoms with E-state index in [0.717, 1.165) is 30.5 Å². The van der Waals surface area contributed by atoms with Crippen molar-refractivity contribution < 1.29 is 14.1 Å². The molecule has 0 saturated heterocycles. The molecule has 1 aliphatic carbocycles. The van der Waals surface area contributed by atoms with Gasteiger partial charge in [0.15, 0.2) is 0 Å². The van der Waals surface area contributed by atoms with Gasteiger partial charge in [0.2, 0.25) is 5.82 Å². The molecule has 156 valence electrons. The van der Waals surface area contributed by atoms with Gasteiger partial charge in [0.1, 0.15) is 11.8 Å². The maximum atomic E-state index is 10.3. The minimum absolute atomic E-state index is 0.0345. The summed E-state index contributed by atoms with van der Waals surface area (Å²) in [4.78, 5) is 23.6. The van der Waals surface area contributed by atoms with Crippen molar-refractivity contribution in [1.82, 2.24) is 25.4 Å². The molecule has 0 radical (unpaired) electrons. The van der Waals surface area contributed by atoms with Gasteiger partial charge in [-0.2, -0.15) is 4.98 Å². The fraction of sp³-hybridized carbons (Fsp3) is 0.409. The van der Waals surface area contributed by atoms with Crippen LogP contribution in [0.2, 0.25) is 0 Å². The smallest absolute Gasteiger partial charge is 0.293 e. The van der Waals surface area contributed by atoms with Crippen molar-refractivity contribution in [2.75, 3.05) is 0 Å². The summed E-state index contributed by atoms with van der Waals surface area (Å²) in [5, 5.41) is 7.42. The van der Waals surface area contributed by atoms with Gasteiger partial charge in [-0.15, -0.1) is 0 Å². The molecular weight excluding hydrogens is 382 g/mol. The van der Waals surface area contributed by atoms with Crippen molar-refractivity contribution in [2.24, 2.45) is 5.92 Å². The summed E-state index contributed by atoms with van der Waals surface area (Å²) in [6.07, 6.45) is 6.09. The number of carbonyl (C=O) groups is 1. The van der Waals surface area contributed by atoms with Gasteiger partial charge in [-0.25, -0.2) is 4.98 Å². The van der Waals surface area contributed by atoms with E-state index in [1.807, 2.05) is 12.1 Å². The number of aromatic nitrogens is 4. The summed E-state index contributed by atoms with van der Waals surface area (Å²) in [5.41, 5.74) is 3.56. The molecule has 1 aromatic carbocycles. The highest BCUT2D eigenvalue weighted by atomic mass is 16.5. The van der Waals surface area contributed by atoms with Crippen LogP contribution >= 0.6 is 0 Å². The first-order chi connectivity index (χ1) is 14.6. The second-order valence-corrected chi connectivity index (χ2v) is 8.01. The molecule has 0 spiro atoms. The SMILES string of the molecule is CC(C)Cc1ccc(-c2nc(-c3cnc(CNC4CC(OC=O)C4)cn3)no2)cc1. The van der Waals surface area contributed by atoms with Crippen LogP contribution in [0.15, 0.2) is 41.2 Å². The molecule has 1 aliphatic rings. The molecule has 1 fully saturated rings. The van der Waals surface area contributed by atoms with Crippen LogP contribution in [0.25, 0.3) is 23.0 Å². The fourth-order valence-electron chi connectivity index (χ4n) is 3.43. The second kappa shape index (κ2) is 9.13. The lowest BCUT2D eigenvalue weighted by molar-refractivity contribution is -0.138. The molecule has 1 saturated carbocycles. The molecule has 2 heterocycles. The Morgan fingerprint density at radius 3 is 2.67 bits per heavy atom. The molecule has 0 atom stereocenters. The molecule has 3 aromatic rings. The van der Waals surface area contributed by atoms with Crippen LogP contribution in [-0.4, -0.2) is 38.7 Å². The van der Waals surface area contributed by atoms with Crippen LogP contribution in [0.4, 0.5) is 0 Å². The predicted molar refractivity (Wildman–Crippen MR) is 110 cm³/mol. The Balaban J connectivity index is 1.34. The van der Waals surface area contributed by atoms with Crippen molar-refractivity contribution in [2.45, 2.75) is 51.8 Å². The van der Waals surface area contributed by atoms with E-state index in [-0.39, 0.29) is 6.10 Å². The molecule has 30 heavy (non-hydrogen) atoms. The third-order valence-electron chi connectivity index (χ3n) is 5.12. The maximum Gasteiger partial charge on any atom is 0.293 e. The quantitative estimate of drug-likeness (QED) is 0.540. The van der Waals surface area contributed by atoms with Gasteiger partial charge in [0.05, 0.1) is 18.1 Å². The molecule has 8 nitrogen and oxygen atoms in total. The maximum absolute atomic E-state index is 10.3. The van der Waals surface area contributed by atoms with Gasteiger partial charge in [-0.3, -0.25) is 9.78 Å². The molecule has 0 unspecified atom stereocenters. The van der Waals surface area contributed by atoms with E-state index in [0.29, 0.717) is 42.4 Å². The molecule has 4 rings (SSSR count). The Kier molecular flexibility index (Phi) is 6.13. The number of nitrogens with zero attached hydrogens (tertiary/aromatic N) is 4. The molecule has 8 heteroatoms. The third-order valence-corrected chi connectivity index (χ3v) is 5.12. The number of ether oxygens (including phenoxy) is 1. The summed E-state index contributed by atoms with van der Waals surface area (Å²) in [5.74, 6) is 1.49. The highest BCUT2D eigenvalue weighted by molar-refractivity contribution is 5.57. The number of benzene rings is 1. The standard InChI is InChI=1S/C22H25N5O3/c1-14(2)7-15-3-5-16(6-4-15)22-26-21(27-30-22)20-12-24-18(11-25-20)10-23-17-8-19(9-17)29-13-28/h3-6,11-14,17,19,23H,7-10H2,1-2H3. The number of hydrogen-bond acceptors (Lipinski definition) is 8. The van der Waals surface area contributed by atoms with E-state index in [2.05, 4.69) is 51.4 Å². The Labute approximate surface area is 175 Å². The number of nitrogens with one attached hydrogen (secondary N) is 1. The topological polar surface area (TPSA) is 103 Å². The summed E-state index contributed by atoms with van der Waals surface area (Å²) in [6, 6.07) is 8.52. The van der Waals surface area contributed by atoms with Crippen molar-refractivity contribution in [3.63, 3.8) is 0 Å². The number of hydrogen-bond donors (Lipinski definition) is 1. The molecule has 1 N–H and O–H groups in total. The first-order valence-electron chi connectivity index (χ1n) is 10.2. The summed E-state index contributed by atoms with van der Waals surface area (Å²) < 4.78 is 10.3. The van der Waals surface area contributed by atoms with Crippen molar-refractivity contribution in [3.05, 3.63) is 47.9 Å². The second-order valence-electron chi connectivity index (χ2n) is 8.01. The normalized spacial score (nSPS) is 18.2. The van der Waals surface area contributed by atoms with E-state index in [9.17, 15) is 4.79 Å². The molecule has 0 bridgehead atoms. The lowest BCUT2D eigenvalue weighted by atomic mass is 9.89. The van der Waals surface area contributed by atoms with Crippen LogP contribution in [-0.2, 0) is 22.5 Å². The first-order valence-corrected chi connectivity index (χ1v) is 10.2. The fourth-order valence-corrected chi connectivity index (χ4v) is 3.43. The number of carbonyl (C=O) groups excluding carboxylic acids is 1. The Morgan fingerprint density at radius 2 is 2.00 bits per heavy atom. The minimum Gasteiger partial charge on any atom is -0.464 e. The molecule has 0 amide bonds. The van der Waals surface area contributed by atoms with E-state index in [1.165, 1.54) is 5.56 Å². The Morgan fingerprint density at radius 1 is 1.20 bits per heavy atom. The van der Waals surface area contributed by atoms with E-state index < -0.39 is 0 Å². The van der Waals surface area contributed by atoms with Crippen LogP contribution in [0.5, 0.6) is 0 Å². The highest BCUT2D eigenvalue weighted by Crippen LogP contribution is 2.24. The average Bonchev–Trinajstić information content (AvgIpc) is 3.20. The zero-order chi connectivity index (χ0) is 20.9. The predicted octanol–water partition coefficient (Wildman–Crippen LogP) is 3.19. The van der Waals surface area contributed by atoms with Gasteiger partial charge in [-0.05, 0) is 42.9 Å². The highest BCUT2D eigenvalue weighted by Gasteiger charge is 2.29. The average molecular weight is 407 g/mol. The first kappa shape index (κ1) is 20.2. The van der Waals surface area contributed by atoms with Crippen LogP contribution in [0.1, 0.15) is 37.9 Å². The monoisotopic (exact) mass is 407 g/mol. The third kappa shape index (κ3) is 4.88. The van der Waals surface area contributed by atoms with Crippen LogP contribution < -0.4 is 5.32 Å². The van der Waals surface area contributed by atoms with Crippen LogP contribution in [0, 0.1) is 5.92 Å². The molecular formula is C22H25N5O3. The summed E-state index contributed by atoms with van der Waals surface area (Å²) in [7, 11) is 0. The van der Waals surface area contributed by atoms with Crippen molar-refractivity contribution >= 4 is 6.47 Å². The van der Waals surface area contributed by atoms with Gasteiger partial charge >= 0.3 is 0 Å².